The summed E-state index contributed by atoms with van der Waals surface area (Å²) in [4.78, 5) is 11.7. The molecule has 0 saturated heterocycles. The maximum absolute atomic E-state index is 12.4. The molecule has 38 heavy (non-hydrogen) atoms. The van der Waals surface area contributed by atoms with E-state index >= 15 is 0 Å². The quantitative estimate of drug-likeness (QED) is 0.203. The first-order valence-electron chi connectivity index (χ1n) is 12.1. The van der Waals surface area contributed by atoms with Gasteiger partial charge < -0.3 is 14.6 Å². The van der Waals surface area contributed by atoms with Crippen LogP contribution in [0.15, 0.2) is 59.1 Å². The number of nitrogens with one attached hydrogen (secondary N) is 1. The second kappa shape index (κ2) is 10.4. The Kier molecular flexibility index (Phi) is 7.07. The van der Waals surface area contributed by atoms with Crippen molar-refractivity contribution in [1.29, 1.82) is 0 Å². The van der Waals surface area contributed by atoms with E-state index in [1.165, 1.54) is 17.7 Å². The Morgan fingerprint density at radius 3 is 2.26 bits per heavy atom. The highest BCUT2D eigenvalue weighted by Gasteiger charge is 2.31. The van der Waals surface area contributed by atoms with Crippen molar-refractivity contribution in [2.45, 2.75) is 40.0 Å². The summed E-state index contributed by atoms with van der Waals surface area (Å²) in [7, 11) is 0. The zero-order valence-corrected chi connectivity index (χ0v) is 21.8. The standard InChI is InChI=1S/C28H25F3N4O2S/c1-16-15-23-25(33-26(34-27(23)38-16)24-17(2)35-37-18(24)3)32-14-4-5-19-6-8-20(9-7-19)21-10-12-22(13-11-21)36-28(29,30)31/h6-13,15H,4-5,14H2,1-3H3,(H,32,33,34). The smallest absolute Gasteiger partial charge is 0.406 e. The van der Waals surface area contributed by atoms with Crippen molar-refractivity contribution in [1.82, 2.24) is 15.1 Å². The highest BCUT2D eigenvalue weighted by molar-refractivity contribution is 7.18. The van der Waals surface area contributed by atoms with Gasteiger partial charge in [0, 0.05) is 11.4 Å². The number of rotatable bonds is 8. The minimum atomic E-state index is -4.70. The van der Waals surface area contributed by atoms with Gasteiger partial charge >= 0.3 is 6.36 Å². The summed E-state index contributed by atoms with van der Waals surface area (Å²) in [5.41, 5.74) is 4.50. The van der Waals surface area contributed by atoms with E-state index in [0.717, 1.165) is 62.7 Å². The van der Waals surface area contributed by atoms with Gasteiger partial charge in [-0.15, -0.1) is 24.5 Å². The fourth-order valence-corrected chi connectivity index (χ4v) is 5.18. The SMILES string of the molecule is Cc1cc2c(NCCCc3ccc(-c4ccc(OC(F)(F)F)cc4)cc3)nc(-c3c(C)noc3C)nc2s1. The molecule has 0 aliphatic carbocycles. The Balaban J connectivity index is 1.22. The van der Waals surface area contributed by atoms with E-state index in [2.05, 4.69) is 28.2 Å². The molecule has 3 aromatic heterocycles. The zero-order valence-electron chi connectivity index (χ0n) is 21.0. The van der Waals surface area contributed by atoms with Crippen LogP contribution in [0, 0.1) is 20.8 Å². The van der Waals surface area contributed by atoms with Crippen molar-refractivity contribution >= 4 is 27.4 Å². The molecule has 1 N–H and O–H groups in total. The minimum Gasteiger partial charge on any atom is -0.406 e. The van der Waals surface area contributed by atoms with Gasteiger partial charge in [-0.1, -0.05) is 41.6 Å². The third-order valence-corrected chi connectivity index (χ3v) is 7.03. The molecule has 0 spiro atoms. The van der Waals surface area contributed by atoms with E-state index in [-0.39, 0.29) is 5.75 Å². The van der Waals surface area contributed by atoms with Crippen LogP contribution in [0.2, 0.25) is 0 Å². The third kappa shape index (κ3) is 5.80. The molecule has 5 aromatic rings. The maximum Gasteiger partial charge on any atom is 0.573 e. The second-order valence-electron chi connectivity index (χ2n) is 8.97. The van der Waals surface area contributed by atoms with Crippen molar-refractivity contribution in [2.24, 2.45) is 0 Å². The normalized spacial score (nSPS) is 11.7. The number of alkyl halides is 3. The fraction of sp³-hybridized carbons (Fsp3) is 0.250. The summed E-state index contributed by atoms with van der Waals surface area (Å²) in [6.07, 6.45) is -2.95. The van der Waals surface area contributed by atoms with E-state index in [9.17, 15) is 13.2 Å². The number of benzene rings is 2. The summed E-state index contributed by atoms with van der Waals surface area (Å²) in [5.74, 6) is 1.85. The van der Waals surface area contributed by atoms with Gasteiger partial charge in [-0.25, -0.2) is 9.97 Å². The van der Waals surface area contributed by atoms with Gasteiger partial charge in [0.05, 0.1) is 16.6 Å². The molecule has 5 rings (SSSR count). The Labute approximate surface area is 221 Å². The molecule has 0 aliphatic heterocycles. The van der Waals surface area contributed by atoms with Gasteiger partial charge in [0.15, 0.2) is 5.82 Å². The van der Waals surface area contributed by atoms with Crippen molar-refractivity contribution in [2.75, 3.05) is 11.9 Å². The van der Waals surface area contributed by atoms with Gasteiger partial charge in [0.1, 0.15) is 22.2 Å². The zero-order chi connectivity index (χ0) is 26.9. The van der Waals surface area contributed by atoms with E-state index in [1.54, 1.807) is 23.5 Å². The maximum atomic E-state index is 12.4. The lowest BCUT2D eigenvalue weighted by Crippen LogP contribution is -2.16. The first-order valence-corrected chi connectivity index (χ1v) is 12.9. The lowest BCUT2D eigenvalue weighted by molar-refractivity contribution is -0.274. The molecular weight excluding hydrogens is 513 g/mol. The molecule has 0 unspecified atom stereocenters. The van der Waals surface area contributed by atoms with Crippen LogP contribution in [0.3, 0.4) is 0 Å². The molecule has 0 atom stereocenters. The predicted molar refractivity (Wildman–Crippen MR) is 142 cm³/mol. The summed E-state index contributed by atoms with van der Waals surface area (Å²) in [5, 5.41) is 8.52. The molecule has 0 fully saturated rings. The highest BCUT2D eigenvalue weighted by atomic mass is 32.1. The molecule has 2 aromatic carbocycles. The molecular formula is C28H25F3N4O2S. The largest absolute Gasteiger partial charge is 0.573 e. The number of halogens is 3. The summed E-state index contributed by atoms with van der Waals surface area (Å²) in [6, 6.07) is 16.0. The molecule has 0 aliphatic rings. The molecule has 0 bridgehead atoms. The number of aromatic nitrogens is 3. The van der Waals surface area contributed by atoms with Gasteiger partial charge in [-0.2, -0.15) is 0 Å². The first kappa shape index (κ1) is 25.7. The van der Waals surface area contributed by atoms with Crippen LogP contribution in [0.4, 0.5) is 19.0 Å². The number of aryl methyl sites for hydroxylation is 4. The van der Waals surface area contributed by atoms with Crippen LogP contribution < -0.4 is 10.1 Å². The number of nitrogens with zero attached hydrogens (tertiary/aromatic N) is 3. The lowest BCUT2D eigenvalue weighted by Gasteiger charge is -2.10. The molecule has 196 valence electrons. The monoisotopic (exact) mass is 538 g/mol. The topological polar surface area (TPSA) is 73.1 Å². The third-order valence-electron chi connectivity index (χ3n) is 6.08. The molecule has 0 radical (unpaired) electrons. The Morgan fingerprint density at radius 1 is 0.947 bits per heavy atom. The molecule has 10 heteroatoms. The summed E-state index contributed by atoms with van der Waals surface area (Å²) in [6.45, 7) is 6.53. The van der Waals surface area contributed by atoms with Crippen LogP contribution in [0.1, 0.15) is 28.3 Å². The number of hydrogen-bond acceptors (Lipinski definition) is 7. The van der Waals surface area contributed by atoms with E-state index < -0.39 is 6.36 Å². The number of anilines is 1. The first-order chi connectivity index (χ1) is 18.2. The molecule has 0 saturated carbocycles. The van der Waals surface area contributed by atoms with Crippen LogP contribution >= 0.6 is 11.3 Å². The van der Waals surface area contributed by atoms with Crippen LogP contribution in [0.25, 0.3) is 32.7 Å². The van der Waals surface area contributed by atoms with Crippen LogP contribution in [-0.4, -0.2) is 28.0 Å². The lowest BCUT2D eigenvalue weighted by atomic mass is 10.0. The van der Waals surface area contributed by atoms with Gasteiger partial charge in [-0.05, 0) is 68.5 Å². The number of thiophene rings is 1. The predicted octanol–water partition coefficient (Wildman–Crippen LogP) is 7.88. The summed E-state index contributed by atoms with van der Waals surface area (Å²) >= 11 is 1.63. The Hall–Kier alpha value is -3.92. The van der Waals surface area contributed by atoms with E-state index in [4.69, 9.17) is 14.5 Å². The average Bonchev–Trinajstić information content (AvgIpc) is 3.42. The Bertz CT molecular complexity index is 1540. The average molecular weight is 539 g/mol. The van der Waals surface area contributed by atoms with Crippen LogP contribution in [0.5, 0.6) is 5.75 Å². The van der Waals surface area contributed by atoms with Crippen molar-refractivity contribution < 1.29 is 22.4 Å². The van der Waals surface area contributed by atoms with Gasteiger partial charge in [0.2, 0.25) is 0 Å². The van der Waals surface area contributed by atoms with Crippen LogP contribution in [-0.2, 0) is 6.42 Å². The molecule has 0 amide bonds. The van der Waals surface area contributed by atoms with Gasteiger partial charge in [-0.3, -0.25) is 0 Å². The number of ether oxygens (including phenoxy) is 1. The highest BCUT2D eigenvalue weighted by Crippen LogP contribution is 2.33. The summed E-state index contributed by atoms with van der Waals surface area (Å²) < 4.78 is 46.4. The number of fused-ring (bicyclic) bond motifs is 1. The second-order valence-corrected chi connectivity index (χ2v) is 10.2. The van der Waals surface area contributed by atoms with Gasteiger partial charge in [0.25, 0.3) is 0 Å². The minimum absolute atomic E-state index is 0.234. The van der Waals surface area contributed by atoms with Crippen molar-refractivity contribution in [3.8, 4) is 28.3 Å². The van der Waals surface area contributed by atoms with Crippen molar-refractivity contribution in [3.05, 3.63) is 76.5 Å². The fourth-order valence-electron chi connectivity index (χ4n) is 4.30. The van der Waals surface area contributed by atoms with E-state index in [0.29, 0.717) is 11.6 Å². The number of hydrogen-bond donors (Lipinski definition) is 1. The molecule has 6 nitrogen and oxygen atoms in total. The van der Waals surface area contributed by atoms with Crippen molar-refractivity contribution in [3.63, 3.8) is 0 Å². The van der Waals surface area contributed by atoms with E-state index in [1.807, 2.05) is 38.1 Å². The molecule has 3 heterocycles. The Morgan fingerprint density at radius 2 is 1.63 bits per heavy atom.